The summed E-state index contributed by atoms with van der Waals surface area (Å²) in [5.41, 5.74) is 27.6. The first-order chi connectivity index (χ1) is 17.4. The highest BCUT2D eigenvalue weighted by Gasteiger charge is 2.54. The minimum absolute atomic E-state index is 0.119. The SMILES string of the molecule is CC1OC(c2ccccc2)O[C@H]2C(O)C(N=[N+]=[N-])[C@@H](O[C@@H]3C(N=[N+]=[N-])C[C@@H](N=[N+]=[N-])C(O)C3O)OC12. The lowest BCUT2D eigenvalue weighted by atomic mass is 9.84. The van der Waals surface area contributed by atoms with Crippen LogP contribution in [0.15, 0.2) is 45.7 Å². The second-order valence-electron chi connectivity index (χ2n) is 8.70. The molecule has 0 spiro atoms. The van der Waals surface area contributed by atoms with Crippen LogP contribution in [-0.4, -0.2) is 82.5 Å². The summed E-state index contributed by atoms with van der Waals surface area (Å²) >= 11 is 0. The van der Waals surface area contributed by atoms with Gasteiger partial charge in [0, 0.05) is 20.3 Å². The molecule has 4 rings (SSSR count). The number of benzene rings is 1. The third-order valence-electron chi connectivity index (χ3n) is 6.55. The van der Waals surface area contributed by atoms with Crippen molar-refractivity contribution in [1.82, 2.24) is 0 Å². The first-order valence-corrected chi connectivity index (χ1v) is 11.2. The quantitative estimate of drug-likeness (QED) is 0.296. The Hall–Kier alpha value is -3.13. The molecular weight excluding hydrogens is 478 g/mol. The summed E-state index contributed by atoms with van der Waals surface area (Å²) < 4.78 is 23.8. The standard InChI is InChI=1S/C20H25N9O7/c1-8-16-18(36-19(33-8)9-5-3-2-4-6-9)14(31)12(26-29-23)20(34-16)35-17-11(25-28-22)7-10(24-27-21)13(30)15(17)32/h2-6,8,10-20,30-32H,7H2,1H3/t8?,10-,11?,12?,13?,14?,15?,16?,17-,18+,19?,20-/m1/s1. The van der Waals surface area contributed by atoms with Crippen molar-refractivity contribution in [3.8, 4) is 0 Å². The Bertz CT molecular complexity index is 1060. The van der Waals surface area contributed by atoms with Crippen LogP contribution in [0.2, 0.25) is 0 Å². The molecular formula is C20H25N9O7. The molecule has 12 atom stereocenters. The fourth-order valence-electron chi connectivity index (χ4n) is 4.77. The normalized spacial score (nSPS) is 42.1. The number of hydrogen-bond acceptors (Lipinski definition) is 10. The summed E-state index contributed by atoms with van der Waals surface area (Å²) in [5, 5.41) is 42.9. The number of aliphatic hydroxyl groups is 3. The fourth-order valence-corrected chi connectivity index (χ4v) is 4.77. The van der Waals surface area contributed by atoms with Crippen molar-refractivity contribution >= 4 is 0 Å². The van der Waals surface area contributed by atoms with Crippen molar-refractivity contribution in [3.63, 3.8) is 0 Å². The van der Waals surface area contributed by atoms with Crippen LogP contribution in [-0.2, 0) is 18.9 Å². The predicted molar refractivity (Wildman–Crippen MR) is 120 cm³/mol. The third-order valence-corrected chi connectivity index (χ3v) is 6.55. The third kappa shape index (κ3) is 5.05. The minimum Gasteiger partial charge on any atom is -0.390 e. The number of nitrogens with zero attached hydrogens (tertiary/aromatic N) is 9. The molecule has 2 saturated heterocycles. The van der Waals surface area contributed by atoms with Gasteiger partial charge in [0.1, 0.15) is 24.4 Å². The Balaban J connectivity index is 1.58. The van der Waals surface area contributed by atoms with Crippen LogP contribution in [0, 0.1) is 0 Å². The number of rotatable bonds is 6. The Morgan fingerprint density at radius 1 is 0.833 bits per heavy atom. The molecule has 0 bridgehead atoms. The van der Waals surface area contributed by atoms with E-state index < -0.39 is 73.4 Å². The molecule has 1 saturated carbocycles. The molecule has 8 unspecified atom stereocenters. The summed E-state index contributed by atoms with van der Waals surface area (Å²) in [4.78, 5) is 8.17. The number of aliphatic hydroxyl groups excluding tert-OH is 3. The minimum atomic E-state index is -1.64. The summed E-state index contributed by atoms with van der Waals surface area (Å²) in [6, 6.07) is 5.64. The van der Waals surface area contributed by atoms with Crippen molar-refractivity contribution < 1.29 is 34.3 Å². The smallest absolute Gasteiger partial charge is 0.184 e. The molecule has 3 aliphatic rings. The van der Waals surface area contributed by atoms with Crippen LogP contribution in [0.4, 0.5) is 0 Å². The zero-order valence-corrected chi connectivity index (χ0v) is 19.0. The van der Waals surface area contributed by atoms with E-state index in [1.807, 2.05) is 18.2 Å². The maximum Gasteiger partial charge on any atom is 0.184 e. The fraction of sp³-hybridized carbons (Fsp3) is 0.700. The molecule has 3 N–H and O–H groups in total. The average Bonchev–Trinajstić information content (AvgIpc) is 2.88. The molecule has 1 aromatic carbocycles. The molecule has 0 amide bonds. The lowest BCUT2D eigenvalue weighted by Crippen LogP contribution is -2.65. The summed E-state index contributed by atoms with van der Waals surface area (Å²) in [6.45, 7) is 1.72. The van der Waals surface area contributed by atoms with Gasteiger partial charge in [-0.1, -0.05) is 45.7 Å². The van der Waals surface area contributed by atoms with Crippen molar-refractivity contribution in [2.75, 3.05) is 0 Å². The van der Waals surface area contributed by atoms with Crippen molar-refractivity contribution in [3.05, 3.63) is 67.2 Å². The number of hydrogen-bond donors (Lipinski definition) is 3. The van der Waals surface area contributed by atoms with Gasteiger partial charge >= 0.3 is 0 Å². The largest absolute Gasteiger partial charge is 0.390 e. The van der Waals surface area contributed by atoms with Gasteiger partial charge < -0.3 is 34.3 Å². The van der Waals surface area contributed by atoms with E-state index in [1.165, 1.54) is 0 Å². The molecule has 0 radical (unpaired) electrons. The van der Waals surface area contributed by atoms with Crippen LogP contribution in [0.1, 0.15) is 25.2 Å². The Morgan fingerprint density at radius 3 is 2.17 bits per heavy atom. The van der Waals surface area contributed by atoms with Gasteiger partial charge in [0.05, 0.1) is 36.5 Å². The van der Waals surface area contributed by atoms with Crippen molar-refractivity contribution in [2.45, 2.75) is 86.8 Å². The zero-order chi connectivity index (χ0) is 25.8. The van der Waals surface area contributed by atoms with Gasteiger partial charge in [0.25, 0.3) is 0 Å². The molecule has 192 valence electrons. The van der Waals surface area contributed by atoms with Crippen LogP contribution in [0.5, 0.6) is 0 Å². The molecule has 0 aromatic heterocycles. The van der Waals surface area contributed by atoms with Gasteiger partial charge in [0.2, 0.25) is 0 Å². The Labute approximate surface area is 204 Å². The lowest BCUT2D eigenvalue weighted by molar-refractivity contribution is -0.368. The number of fused-ring (bicyclic) bond motifs is 1. The summed E-state index contributed by atoms with van der Waals surface area (Å²) in [6.07, 6.45) is -10.6. The van der Waals surface area contributed by atoms with E-state index in [0.29, 0.717) is 0 Å². The van der Waals surface area contributed by atoms with E-state index in [9.17, 15) is 15.3 Å². The predicted octanol–water partition coefficient (Wildman–Crippen LogP) is 2.12. The first kappa shape index (κ1) is 25.9. The molecule has 16 nitrogen and oxygen atoms in total. The summed E-state index contributed by atoms with van der Waals surface area (Å²) in [5.74, 6) is 0. The highest BCUT2D eigenvalue weighted by atomic mass is 16.8. The highest BCUT2D eigenvalue weighted by molar-refractivity contribution is 5.17. The van der Waals surface area contributed by atoms with Gasteiger partial charge in [0.15, 0.2) is 12.6 Å². The van der Waals surface area contributed by atoms with Gasteiger partial charge in [-0.2, -0.15) is 0 Å². The monoisotopic (exact) mass is 503 g/mol. The van der Waals surface area contributed by atoms with E-state index in [4.69, 9.17) is 35.5 Å². The zero-order valence-electron chi connectivity index (χ0n) is 19.0. The van der Waals surface area contributed by atoms with Crippen molar-refractivity contribution in [1.29, 1.82) is 0 Å². The second-order valence-corrected chi connectivity index (χ2v) is 8.70. The first-order valence-electron chi connectivity index (χ1n) is 11.2. The van der Waals surface area contributed by atoms with Gasteiger partial charge in [-0.05, 0) is 29.9 Å². The summed E-state index contributed by atoms with van der Waals surface area (Å²) in [7, 11) is 0. The van der Waals surface area contributed by atoms with Crippen LogP contribution >= 0.6 is 0 Å². The van der Waals surface area contributed by atoms with Gasteiger partial charge in [-0.25, -0.2) is 0 Å². The molecule has 36 heavy (non-hydrogen) atoms. The number of ether oxygens (including phenoxy) is 4. The average molecular weight is 503 g/mol. The van der Waals surface area contributed by atoms with Crippen LogP contribution < -0.4 is 0 Å². The van der Waals surface area contributed by atoms with Gasteiger partial charge in [-0.15, -0.1) is 0 Å². The Kier molecular flexibility index (Phi) is 8.14. The number of azide groups is 3. The lowest BCUT2D eigenvalue weighted by Gasteiger charge is -2.50. The van der Waals surface area contributed by atoms with E-state index in [0.717, 1.165) is 5.56 Å². The molecule has 3 fully saturated rings. The topological polar surface area (TPSA) is 244 Å². The van der Waals surface area contributed by atoms with Crippen LogP contribution in [0.25, 0.3) is 31.3 Å². The molecule has 2 aliphatic heterocycles. The van der Waals surface area contributed by atoms with E-state index in [2.05, 4.69) is 30.1 Å². The maximum absolute atomic E-state index is 11.1. The van der Waals surface area contributed by atoms with Crippen molar-refractivity contribution in [2.24, 2.45) is 15.3 Å². The molecule has 2 heterocycles. The van der Waals surface area contributed by atoms with Gasteiger partial charge in [-0.3, -0.25) is 0 Å². The Morgan fingerprint density at radius 2 is 1.50 bits per heavy atom. The second kappa shape index (κ2) is 11.3. The maximum atomic E-state index is 11.1. The molecule has 16 heteroatoms. The molecule has 1 aliphatic carbocycles. The van der Waals surface area contributed by atoms with E-state index in [-0.39, 0.29) is 6.42 Å². The van der Waals surface area contributed by atoms with E-state index in [1.54, 1.807) is 19.1 Å². The highest BCUT2D eigenvalue weighted by Crippen LogP contribution is 2.39. The molecule has 1 aromatic rings. The van der Waals surface area contributed by atoms with Crippen LogP contribution in [0.3, 0.4) is 0 Å². The van der Waals surface area contributed by atoms with E-state index >= 15 is 0 Å².